The van der Waals surface area contributed by atoms with E-state index in [4.69, 9.17) is 9.47 Å². The van der Waals surface area contributed by atoms with Gasteiger partial charge >= 0.3 is 6.03 Å². The van der Waals surface area contributed by atoms with Crippen molar-refractivity contribution in [1.29, 1.82) is 0 Å². The molecule has 0 aliphatic heterocycles. The molecule has 5 nitrogen and oxygen atoms in total. The number of para-hydroxylation sites is 2. The number of benzene rings is 2. The molecule has 0 spiro atoms. The molecule has 0 saturated heterocycles. The van der Waals surface area contributed by atoms with Gasteiger partial charge in [0, 0.05) is 6.54 Å². The highest BCUT2D eigenvalue weighted by Gasteiger charge is 2.05. The first-order valence-corrected chi connectivity index (χ1v) is 7.30. The van der Waals surface area contributed by atoms with Crippen LogP contribution in [0.2, 0.25) is 0 Å². The first-order chi connectivity index (χ1) is 11.2. The quantitative estimate of drug-likeness (QED) is 0.771. The molecule has 6 heteroatoms. The van der Waals surface area contributed by atoms with E-state index in [0.717, 1.165) is 5.56 Å². The van der Waals surface area contributed by atoms with E-state index in [0.29, 0.717) is 24.7 Å². The highest BCUT2D eigenvalue weighted by molar-refractivity contribution is 5.73. The van der Waals surface area contributed by atoms with Crippen LogP contribution in [0.25, 0.3) is 0 Å². The topological polar surface area (TPSA) is 59.6 Å². The second-order valence-electron chi connectivity index (χ2n) is 4.65. The average molecular weight is 318 g/mol. The molecule has 0 unspecified atom stereocenters. The van der Waals surface area contributed by atoms with Gasteiger partial charge in [-0.05, 0) is 36.8 Å². The van der Waals surface area contributed by atoms with Crippen molar-refractivity contribution in [1.82, 2.24) is 10.6 Å². The molecule has 2 amide bonds. The molecular formula is C17H19FN2O3. The van der Waals surface area contributed by atoms with Gasteiger partial charge in [0.1, 0.15) is 5.82 Å². The Kier molecular flexibility index (Phi) is 6.23. The molecule has 0 aromatic heterocycles. The molecule has 0 aliphatic rings. The van der Waals surface area contributed by atoms with Crippen LogP contribution in [0, 0.1) is 5.82 Å². The van der Waals surface area contributed by atoms with Gasteiger partial charge in [-0.1, -0.05) is 24.3 Å². The van der Waals surface area contributed by atoms with Crippen LogP contribution in [0.4, 0.5) is 9.18 Å². The number of rotatable bonds is 7. The minimum atomic E-state index is -0.372. The lowest BCUT2D eigenvalue weighted by atomic mass is 10.2. The number of amides is 2. The third-order valence-corrected chi connectivity index (χ3v) is 2.98. The van der Waals surface area contributed by atoms with E-state index >= 15 is 0 Å². The molecule has 23 heavy (non-hydrogen) atoms. The number of hydrogen-bond acceptors (Lipinski definition) is 3. The predicted molar refractivity (Wildman–Crippen MR) is 84.9 cm³/mol. The largest absolute Gasteiger partial charge is 0.490 e. The summed E-state index contributed by atoms with van der Waals surface area (Å²) >= 11 is 0. The first kappa shape index (κ1) is 16.6. The Bertz CT molecular complexity index is 632. The standard InChI is InChI=1S/C17H19FN2O3/c1-2-22-15-5-3-4-6-16(15)23-12-20-17(21)19-11-13-7-9-14(18)10-8-13/h3-10H,2,11-12H2,1H3,(H2,19,20,21). The molecule has 0 aliphatic carbocycles. The number of halogens is 1. The number of ether oxygens (including phenoxy) is 2. The van der Waals surface area contributed by atoms with E-state index in [2.05, 4.69) is 10.6 Å². The number of urea groups is 1. The summed E-state index contributed by atoms with van der Waals surface area (Å²) in [5.41, 5.74) is 0.809. The monoisotopic (exact) mass is 318 g/mol. The van der Waals surface area contributed by atoms with E-state index in [1.807, 2.05) is 19.1 Å². The molecule has 0 fully saturated rings. The van der Waals surface area contributed by atoms with Crippen LogP contribution in [-0.2, 0) is 6.54 Å². The lowest BCUT2D eigenvalue weighted by Crippen LogP contribution is -2.37. The summed E-state index contributed by atoms with van der Waals surface area (Å²) in [6, 6.07) is 12.8. The molecule has 0 atom stereocenters. The van der Waals surface area contributed by atoms with E-state index in [1.54, 1.807) is 24.3 Å². The summed E-state index contributed by atoms with van der Waals surface area (Å²) < 4.78 is 23.7. The molecule has 0 saturated carbocycles. The fourth-order valence-corrected chi connectivity index (χ4v) is 1.87. The SMILES string of the molecule is CCOc1ccccc1OCNC(=O)NCc1ccc(F)cc1. The maximum absolute atomic E-state index is 12.8. The highest BCUT2D eigenvalue weighted by atomic mass is 19.1. The second-order valence-corrected chi connectivity index (χ2v) is 4.65. The summed E-state index contributed by atoms with van der Waals surface area (Å²) in [5, 5.41) is 5.24. The average Bonchev–Trinajstić information content (AvgIpc) is 2.56. The van der Waals surface area contributed by atoms with Gasteiger partial charge in [0.25, 0.3) is 0 Å². The van der Waals surface area contributed by atoms with E-state index in [9.17, 15) is 9.18 Å². The third kappa shape index (κ3) is 5.50. The molecule has 2 rings (SSSR count). The van der Waals surface area contributed by atoms with Crippen LogP contribution >= 0.6 is 0 Å². The zero-order valence-electron chi connectivity index (χ0n) is 12.8. The fourth-order valence-electron chi connectivity index (χ4n) is 1.87. The van der Waals surface area contributed by atoms with E-state index in [1.165, 1.54) is 12.1 Å². The molecule has 122 valence electrons. The normalized spacial score (nSPS) is 10.0. The van der Waals surface area contributed by atoms with Gasteiger partial charge in [-0.2, -0.15) is 0 Å². The van der Waals surface area contributed by atoms with Crippen molar-refractivity contribution in [3.63, 3.8) is 0 Å². The van der Waals surface area contributed by atoms with Crippen LogP contribution in [-0.4, -0.2) is 19.4 Å². The zero-order chi connectivity index (χ0) is 16.5. The predicted octanol–water partition coefficient (Wildman–Crippen LogP) is 3.06. The number of hydrogen-bond donors (Lipinski definition) is 2. The van der Waals surface area contributed by atoms with Gasteiger partial charge in [-0.3, -0.25) is 0 Å². The van der Waals surface area contributed by atoms with Gasteiger partial charge in [-0.15, -0.1) is 0 Å². The molecule has 0 heterocycles. The fraction of sp³-hybridized carbons (Fsp3) is 0.235. The van der Waals surface area contributed by atoms with Gasteiger partial charge in [-0.25, -0.2) is 9.18 Å². The maximum Gasteiger partial charge on any atom is 0.317 e. The smallest absolute Gasteiger partial charge is 0.317 e. The molecule has 0 bridgehead atoms. The minimum Gasteiger partial charge on any atom is -0.490 e. The summed E-state index contributed by atoms with van der Waals surface area (Å²) in [7, 11) is 0. The zero-order valence-corrected chi connectivity index (χ0v) is 12.8. The molecule has 2 aromatic rings. The Morgan fingerprint density at radius 1 is 1.00 bits per heavy atom. The Morgan fingerprint density at radius 3 is 2.30 bits per heavy atom. The van der Waals surface area contributed by atoms with Crippen LogP contribution in [0.1, 0.15) is 12.5 Å². The van der Waals surface area contributed by atoms with Gasteiger partial charge in [0.15, 0.2) is 18.2 Å². The Hall–Kier alpha value is -2.76. The van der Waals surface area contributed by atoms with Crippen LogP contribution in [0.3, 0.4) is 0 Å². The van der Waals surface area contributed by atoms with Crippen molar-refractivity contribution in [3.05, 3.63) is 59.9 Å². The van der Waals surface area contributed by atoms with Crippen LogP contribution in [0.15, 0.2) is 48.5 Å². The second kappa shape index (κ2) is 8.63. The van der Waals surface area contributed by atoms with Crippen molar-refractivity contribution in [2.24, 2.45) is 0 Å². The first-order valence-electron chi connectivity index (χ1n) is 7.30. The number of carbonyl (C=O) groups is 1. The summed E-state index contributed by atoms with van der Waals surface area (Å²) in [4.78, 5) is 11.7. The molecule has 2 N–H and O–H groups in total. The van der Waals surface area contributed by atoms with Crippen molar-refractivity contribution < 1.29 is 18.7 Å². The number of nitrogens with one attached hydrogen (secondary N) is 2. The Labute approximate surface area is 134 Å². The van der Waals surface area contributed by atoms with Crippen molar-refractivity contribution in [3.8, 4) is 11.5 Å². The van der Waals surface area contributed by atoms with Crippen molar-refractivity contribution in [2.75, 3.05) is 13.3 Å². The van der Waals surface area contributed by atoms with Gasteiger partial charge in [0.2, 0.25) is 0 Å². The van der Waals surface area contributed by atoms with Crippen molar-refractivity contribution >= 4 is 6.03 Å². The van der Waals surface area contributed by atoms with E-state index in [-0.39, 0.29) is 18.6 Å². The minimum absolute atomic E-state index is 0.0132. The van der Waals surface area contributed by atoms with Crippen LogP contribution < -0.4 is 20.1 Å². The Morgan fingerprint density at radius 2 is 1.65 bits per heavy atom. The van der Waals surface area contributed by atoms with Gasteiger partial charge in [0.05, 0.1) is 6.61 Å². The maximum atomic E-state index is 12.8. The van der Waals surface area contributed by atoms with Gasteiger partial charge < -0.3 is 20.1 Å². The Balaban J connectivity index is 1.73. The summed E-state index contributed by atoms with van der Waals surface area (Å²) in [6.45, 7) is 2.74. The third-order valence-electron chi connectivity index (χ3n) is 2.98. The highest BCUT2D eigenvalue weighted by Crippen LogP contribution is 2.25. The van der Waals surface area contributed by atoms with E-state index < -0.39 is 0 Å². The lowest BCUT2D eigenvalue weighted by Gasteiger charge is -2.12. The molecular weight excluding hydrogens is 299 g/mol. The molecule has 2 aromatic carbocycles. The summed E-state index contributed by atoms with van der Waals surface area (Å²) in [6.07, 6.45) is 0. The number of carbonyl (C=O) groups excluding carboxylic acids is 1. The molecule has 0 radical (unpaired) electrons. The van der Waals surface area contributed by atoms with Crippen LogP contribution in [0.5, 0.6) is 11.5 Å². The van der Waals surface area contributed by atoms with Crippen molar-refractivity contribution in [2.45, 2.75) is 13.5 Å². The summed E-state index contributed by atoms with van der Waals surface area (Å²) in [5.74, 6) is 0.885. The lowest BCUT2D eigenvalue weighted by molar-refractivity contribution is 0.219.